The lowest BCUT2D eigenvalue weighted by molar-refractivity contribution is 0.313. The lowest BCUT2D eigenvalue weighted by Gasteiger charge is -2.09. The second-order valence-electron chi connectivity index (χ2n) is 3.77. The van der Waals surface area contributed by atoms with Crippen molar-refractivity contribution in [2.24, 2.45) is 0 Å². The van der Waals surface area contributed by atoms with Crippen molar-refractivity contribution in [1.29, 1.82) is 0 Å². The molecule has 1 aromatic heterocycles. The van der Waals surface area contributed by atoms with E-state index in [1.165, 1.54) is 0 Å². The number of rotatable bonds is 6. The minimum atomic E-state index is 0.537. The molecule has 0 saturated heterocycles. The Morgan fingerprint density at radius 3 is 2.63 bits per heavy atom. The predicted octanol–water partition coefficient (Wildman–Crippen LogP) is 2.84. The monoisotopic (exact) mass is 276 g/mol. The highest BCUT2D eigenvalue weighted by molar-refractivity contribution is 7.99. The van der Waals surface area contributed by atoms with Crippen molar-refractivity contribution in [2.75, 3.05) is 25.2 Å². The molecule has 2 rings (SSSR count). The molecule has 1 aromatic carbocycles. The summed E-state index contributed by atoms with van der Waals surface area (Å²) in [6, 6.07) is 11.4. The molecule has 5 heteroatoms. The Hall–Kier alpha value is -1.88. The van der Waals surface area contributed by atoms with Crippen LogP contribution in [0.1, 0.15) is 0 Å². The fraction of sp³-hybridized carbons (Fsp3) is 0.214. The maximum absolute atomic E-state index is 5.68. The summed E-state index contributed by atoms with van der Waals surface area (Å²) in [5, 5.41) is 0. The molecule has 0 bridgehead atoms. The SMILES string of the molecule is COc1ccccc1OCCSc1ccc(N)nc1. The van der Waals surface area contributed by atoms with E-state index in [0.717, 1.165) is 22.1 Å². The van der Waals surface area contributed by atoms with Crippen LogP contribution in [-0.4, -0.2) is 24.5 Å². The number of anilines is 1. The Kier molecular flexibility index (Phi) is 4.92. The third-order valence-corrected chi connectivity index (χ3v) is 3.38. The molecule has 0 amide bonds. The van der Waals surface area contributed by atoms with Gasteiger partial charge in [-0.3, -0.25) is 0 Å². The standard InChI is InChI=1S/C14H16N2O2S/c1-17-12-4-2-3-5-13(12)18-8-9-19-11-6-7-14(15)16-10-11/h2-7,10H,8-9H2,1H3,(H2,15,16). The van der Waals surface area contributed by atoms with Gasteiger partial charge in [0.1, 0.15) is 5.82 Å². The van der Waals surface area contributed by atoms with Crippen molar-refractivity contribution >= 4 is 17.6 Å². The van der Waals surface area contributed by atoms with Gasteiger partial charge in [-0.15, -0.1) is 11.8 Å². The average molecular weight is 276 g/mol. The topological polar surface area (TPSA) is 57.4 Å². The van der Waals surface area contributed by atoms with Gasteiger partial charge in [-0.05, 0) is 24.3 Å². The third kappa shape index (κ3) is 4.06. The van der Waals surface area contributed by atoms with E-state index < -0.39 is 0 Å². The second-order valence-corrected chi connectivity index (χ2v) is 4.93. The molecule has 0 aliphatic heterocycles. The van der Waals surface area contributed by atoms with Crippen molar-refractivity contribution in [3.63, 3.8) is 0 Å². The van der Waals surface area contributed by atoms with Gasteiger partial charge in [0.25, 0.3) is 0 Å². The highest BCUT2D eigenvalue weighted by Crippen LogP contribution is 2.26. The van der Waals surface area contributed by atoms with Gasteiger partial charge in [0.2, 0.25) is 0 Å². The summed E-state index contributed by atoms with van der Waals surface area (Å²) in [5.74, 6) is 2.89. The minimum absolute atomic E-state index is 0.537. The summed E-state index contributed by atoms with van der Waals surface area (Å²) in [4.78, 5) is 5.12. The molecule has 2 aromatic rings. The van der Waals surface area contributed by atoms with E-state index in [9.17, 15) is 0 Å². The predicted molar refractivity (Wildman–Crippen MR) is 77.9 cm³/mol. The molecule has 0 unspecified atom stereocenters. The molecule has 0 saturated carbocycles. The van der Waals surface area contributed by atoms with Crippen LogP contribution in [0.4, 0.5) is 5.82 Å². The van der Waals surface area contributed by atoms with Crippen molar-refractivity contribution in [3.05, 3.63) is 42.6 Å². The molecule has 4 nitrogen and oxygen atoms in total. The Balaban J connectivity index is 1.79. The van der Waals surface area contributed by atoms with Gasteiger partial charge in [-0.2, -0.15) is 0 Å². The molecule has 0 atom stereocenters. The van der Waals surface area contributed by atoms with Crippen LogP contribution >= 0.6 is 11.8 Å². The number of benzene rings is 1. The Morgan fingerprint density at radius 1 is 1.16 bits per heavy atom. The maximum atomic E-state index is 5.68. The van der Waals surface area contributed by atoms with Crippen LogP contribution in [0.3, 0.4) is 0 Å². The number of nitrogens with zero attached hydrogens (tertiary/aromatic N) is 1. The van der Waals surface area contributed by atoms with E-state index in [4.69, 9.17) is 15.2 Å². The number of nitrogens with two attached hydrogens (primary N) is 1. The number of thioether (sulfide) groups is 1. The summed E-state index contributed by atoms with van der Waals surface area (Å²) in [5.41, 5.74) is 5.53. The molecule has 19 heavy (non-hydrogen) atoms. The summed E-state index contributed by atoms with van der Waals surface area (Å²) in [6.07, 6.45) is 1.77. The lowest BCUT2D eigenvalue weighted by atomic mass is 10.3. The van der Waals surface area contributed by atoms with Gasteiger partial charge in [-0.25, -0.2) is 4.98 Å². The van der Waals surface area contributed by atoms with E-state index in [2.05, 4.69) is 4.98 Å². The van der Waals surface area contributed by atoms with Crippen molar-refractivity contribution in [1.82, 2.24) is 4.98 Å². The van der Waals surface area contributed by atoms with E-state index >= 15 is 0 Å². The first-order valence-electron chi connectivity index (χ1n) is 5.90. The fourth-order valence-electron chi connectivity index (χ4n) is 1.53. The van der Waals surface area contributed by atoms with Gasteiger partial charge < -0.3 is 15.2 Å². The lowest BCUT2D eigenvalue weighted by Crippen LogP contribution is -2.01. The number of para-hydroxylation sites is 2. The fourth-order valence-corrected chi connectivity index (χ4v) is 2.22. The molecular formula is C14H16N2O2S. The first-order valence-corrected chi connectivity index (χ1v) is 6.88. The van der Waals surface area contributed by atoms with Crippen molar-refractivity contribution in [2.45, 2.75) is 4.90 Å². The first kappa shape index (κ1) is 13.5. The average Bonchev–Trinajstić information content (AvgIpc) is 2.46. The zero-order valence-electron chi connectivity index (χ0n) is 10.7. The minimum Gasteiger partial charge on any atom is -0.493 e. The van der Waals surface area contributed by atoms with E-state index in [-0.39, 0.29) is 0 Å². The molecule has 0 aliphatic rings. The molecular weight excluding hydrogens is 260 g/mol. The molecule has 0 spiro atoms. The maximum Gasteiger partial charge on any atom is 0.161 e. The Bertz CT molecular complexity index is 517. The second kappa shape index (κ2) is 6.89. The van der Waals surface area contributed by atoms with Crippen LogP contribution < -0.4 is 15.2 Å². The molecule has 0 aliphatic carbocycles. The number of hydrogen-bond acceptors (Lipinski definition) is 5. The van der Waals surface area contributed by atoms with Crippen LogP contribution in [-0.2, 0) is 0 Å². The third-order valence-electron chi connectivity index (χ3n) is 2.44. The smallest absolute Gasteiger partial charge is 0.161 e. The highest BCUT2D eigenvalue weighted by Gasteiger charge is 2.02. The molecule has 100 valence electrons. The normalized spacial score (nSPS) is 10.2. The van der Waals surface area contributed by atoms with E-state index in [1.54, 1.807) is 31.1 Å². The Labute approximate surface area is 116 Å². The Morgan fingerprint density at radius 2 is 1.95 bits per heavy atom. The highest BCUT2D eigenvalue weighted by atomic mass is 32.2. The number of pyridine rings is 1. The molecule has 0 fully saturated rings. The van der Waals surface area contributed by atoms with Gasteiger partial charge in [0.05, 0.1) is 13.7 Å². The van der Waals surface area contributed by atoms with Crippen LogP contribution in [0.2, 0.25) is 0 Å². The zero-order chi connectivity index (χ0) is 13.5. The largest absolute Gasteiger partial charge is 0.493 e. The molecule has 2 N–H and O–H groups in total. The van der Waals surface area contributed by atoms with Crippen molar-refractivity contribution < 1.29 is 9.47 Å². The van der Waals surface area contributed by atoms with Gasteiger partial charge >= 0.3 is 0 Å². The van der Waals surface area contributed by atoms with E-state index in [1.807, 2.05) is 30.3 Å². The summed E-state index contributed by atoms with van der Waals surface area (Å²) in [6.45, 7) is 0.607. The van der Waals surface area contributed by atoms with Crippen LogP contribution in [0.25, 0.3) is 0 Å². The summed E-state index contributed by atoms with van der Waals surface area (Å²) >= 11 is 1.68. The van der Waals surface area contributed by atoms with E-state index in [0.29, 0.717) is 12.4 Å². The first-order chi connectivity index (χ1) is 9.29. The van der Waals surface area contributed by atoms with Gasteiger partial charge in [-0.1, -0.05) is 12.1 Å². The number of methoxy groups -OCH3 is 1. The van der Waals surface area contributed by atoms with Crippen molar-refractivity contribution in [3.8, 4) is 11.5 Å². The number of ether oxygens (including phenoxy) is 2. The van der Waals surface area contributed by atoms with Gasteiger partial charge in [0, 0.05) is 16.8 Å². The molecule has 0 radical (unpaired) electrons. The number of aromatic nitrogens is 1. The summed E-state index contributed by atoms with van der Waals surface area (Å²) < 4.78 is 10.9. The van der Waals surface area contributed by atoms with Crippen LogP contribution in [0.5, 0.6) is 11.5 Å². The molecule has 1 heterocycles. The van der Waals surface area contributed by atoms with Gasteiger partial charge in [0.15, 0.2) is 11.5 Å². The zero-order valence-corrected chi connectivity index (χ0v) is 11.5. The quantitative estimate of drug-likeness (QED) is 0.649. The number of nitrogen functional groups attached to an aromatic ring is 1. The number of hydrogen-bond donors (Lipinski definition) is 1. The van der Waals surface area contributed by atoms with Crippen LogP contribution in [0, 0.1) is 0 Å². The van der Waals surface area contributed by atoms with Crippen LogP contribution in [0.15, 0.2) is 47.5 Å². The summed E-state index contributed by atoms with van der Waals surface area (Å²) in [7, 11) is 1.64.